The summed E-state index contributed by atoms with van der Waals surface area (Å²) in [6.45, 7) is 24.3. The van der Waals surface area contributed by atoms with Gasteiger partial charge < -0.3 is 4.98 Å². The van der Waals surface area contributed by atoms with E-state index in [9.17, 15) is 0 Å². The molecule has 7 rings (SSSR count). The minimum Gasteiger partial charge on any atom is -0.353 e. The molecule has 0 aliphatic rings. The highest BCUT2D eigenvalue weighted by Crippen LogP contribution is 2.43. The fourth-order valence-electron chi connectivity index (χ4n) is 7.37. The number of nitrogens with zero attached hydrogens (tertiary/aromatic N) is 2. The van der Waals surface area contributed by atoms with Crippen molar-refractivity contribution in [2.75, 3.05) is 0 Å². The standard InChI is InChI=1S/C48H50FN3/c1-28-21-32(46(3,4)5)22-29(2)42(28)35-18-19-40(51-45(35)49)31-16-14-15-30(23-31)36-24-33(47(6,7)8)25-37-38-26-34(48(9,10)11)27-39(44(38)52-43(36)37)41-17-12-13-20-50-41/h12-27,52H,1-11H3. The largest absolute Gasteiger partial charge is 0.353 e. The molecule has 0 fully saturated rings. The van der Waals surface area contributed by atoms with E-state index < -0.39 is 5.95 Å². The third-order valence-electron chi connectivity index (χ3n) is 10.5. The monoisotopic (exact) mass is 687 g/mol. The molecule has 0 saturated heterocycles. The summed E-state index contributed by atoms with van der Waals surface area (Å²) in [5, 5.41) is 2.37. The number of fused-ring (bicyclic) bond motifs is 3. The van der Waals surface area contributed by atoms with Gasteiger partial charge in [-0.3, -0.25) is 4.98 Å². The summed E-state index contributed by atoms with van der Waals surface area (Å²) in [7, 11) is 0. The summed E-state index contributed by atoms with van der Waals surface area (Å²) < 4.78 is 16.0. The van der Waals surface area contributed by atoms with Crippen LogP contribution in [0.4, 0.5) is 4.39 Å². The van der Waals surface area contributed by atoms with E-state index in [1.807, 2.05) is 42.6 Å². The number of pyridine rings is 2. The first kappa shape index (κ1) is 35.3. The Bertz CT molecular complexity index is 2460. The number of nitrogens with one attached hydrogen (secondary N) is 1. The van der Waals surface area contributed by atoms with E-state index >= 15 is 4.39 Å². The molecule has 0 atom stereocenters. The first-order chi connectivity index (χ1) is 24.4. The van der Waals surface area contributed by atoms with Crippen LogP contribution in [0.25, 0.3) is 66.6 Å². The van der Waals surface area contributed by atoms with Crippen molar-refractivity contribution in [2.45, 2.75) is 92.4 Å². The van der Waals surface area contributed by atoms with Crippen LogP contribution in [0.1, 0.15) is 90.1 Å². The lowest BCUT2D eigenvalue weighted by Crippen LogP contribution is -2.12. The quantitative estimate of drug-likeness (QED) is 0.187. The van der Waals surface area contributed by atoms with Gasteiger partial charge in [0.05, 0.1) is 22.4 Å². The summed E-state index contributed by atoms with van der Waals surface area (Å²) >= 11 is 0. The molecule has 3 heterocycles. The van der Waals surface area contributed by atoms with E-state index in [1.165, 1.54) is 27.5 Å². The van der Waals surface area contributed by atoms with Gasteiger partial charge in [-0.1, -0.05) is 98.7 Å². The van der Waals surface area contributed by atoms with E-state index in [2.05, 4.69) is 141 Å². The van der Waals surface area contributed by atoms with Crippen molar-refractivity contribution in [1.29, 1.82) is 0 Å². The highest BCUT2D eigenvalue weighted by molar-refractivity contribution is 6.16. The van der Waals surface area contributed by atoms with Gasteiger partial charge in [-0.25, -0.2) is 4.98 Å². The van der Waals surface area contributed by atoms with Crippen LogP contribution in [0.2, 0.25) is 0 Å². The van der Waals surface area contributed by atoms with Crippen LogP contribution in [0, 0.1) is 19.8 Å². The highest BCUT2D eigenvalue weighted by Gasteiger charge is 2.24. The van der Waals surface area contributed by atoms with Crippen LogP contribution < -0.4 is 0 Å². The second-order valence-corrected chi connectivity index (χ2v) is 17.6. The number of aromatic amines is 1. The number of hydrogen-bond acceptors (Lipinski definition) is 2. The van der Waals surface area contributed by atoms with Crippen LogP contribution in [0.3, 0.4) is 0 Å². The topological polar surface area (TPSA) is 41.6 Å². The van der Waals surface area contributed by atoms with Crippen LogP contribution in [-0.2, 0) is 16.2 Å². The molecule has 0 saturated carbocycles. The van der Waals surface area contributed by atoms with Crippen molar-refractivity contribution < 1.29 is 4.39 Å². The number of aryl methyl sites for hydroxylation is 2. The zero-order chi connectivity index (χ0) is 37.3. The predicted octanol–water partition coefficient (Wildman–Crippen LogP) is 13.4. The van der Waals surface area contributed by atoms with Gasteiger partial charge in [0.25, 0.3) is 0 Å². The number of benzene rings is 4. The highest BCUT2D eigenvalue weighted by atomic mass is 19.1. The normalized spacial score (nSPS) is 12.6. The molecule has 0 aliphatic heterocycles. The third kappa shape index (κ3) is 6.45. The smallest absolute Gasteiger partial charge is 0.221 e. The zero-order valence-corrected chi connectivity index (χ0v) is 32.5. The Balaban J connectivity index is 1.40. The Kier molecular flexibility index (Phi) is 8.52. The molecule has 0 bridgehead atoms. The van der Waals surface area contributed by atoms with E-state index in [1.54, 1.807) is 0 Å². The first-order valence-electron chi connectivity index (χ1n) is 18.4. The summed E-state index contributed by atoms with van der Waals surface area (Å²) in [5.41, 5.74) is 15.0. The van der Waals surface area contributed by atoms with Gasteiger partial charge in [0.2, 0.25) is 5.95 Å². The van der Waals surface area contributed by atoms with Gasteiger partial charge >= 0.3 is 0 Å². The maximum atomic E-state index is 16.0. The van der Waals surface area contributed by atoms with E-state index in [0.717, 1.165) is 55.7 Å². The Morgan fingerprint density at radius 2 is 1.08 bits per heavy atom. The molecule has 0 spiro atoms. The number of halogens is 1. The van der Waals surface area contributed by atoms with Crippen molar-refractivity contribution in [2.24, 2.45) is 0 Å². The second-order valence-electron chi connectivity index (χ2n) is 17.6. The Morgan fingerprint density at radius 1 is 0.519 bits per heavy atom. The lowest BCUT2D eigenvalue weighted by atomic mass is 9.82. The van der Waals surface area contributed by atoms with Crippen molar-refractivity contribution in [3.05, 3.63) is 131 Å². The zero-order valence-electron chi connectivity index (χ0n) is 32.5. The Labute approximate surface area is 308 Å². The van der Waals surface area contributed by atoms with Crippen LogP contribution in [0.5, 0.6) is 0 Å². The van der Waals surface area contributed by atoms with Gasteiger partial charge in [0.1, 0.15) is 0 Å². The molecule has 264 valence electrons. The molecule has 1 N–H and O–H groups in total. The van der Waals surface area contributed by atoms with Gasteiger partial charge in [0.15, 0.2) is 0 Å². The van der Waals surface area contributed by atoms with E-state index in [0.29, 0.717) is 11.3 Å². The van der Waals surface area contributed by atoms with E-state index in [4.69, 9.17) is 4.98 Å². The van der Waals surface area contributed by atoms with Crippen LogP contribution >= 0.6 is 0 Å². The minimum absolute atomic E-state index is 0.0152. The Morgan fingerprint density at radius 3 is 1.63 bits per heavy atom. The molecule has 3 nitrogen and oxygen atoms in total. The number of aromatic nitrogens is 3. The SMILES string of the molecule is Cc1cc(C(C)(C)C)cc(C)c1-c1ccc(-c2cccc(-c3cc(C(C)(C)C)cc4c3[nH]c3c(-c5ccccn5)cc(C(C)(C)C)cc34)c2)nc1F. The molecule has 0 amide bonds. The van der Waals surface area contributed by atoms with Crippen molar-refractivity contribution in [3.63, 3.8) is 0 Å². The fourth-order valence-corrected chi connectivity index (χ4v) is 7.37. The lowest BCUT2D eigenvalue weighted by molar-refractivity contribution is 0.586. The number of H-pyrrole nitrogens is 1. The average molecular weight is 688 g/mol. The first-order valence-corrected chi connectivity index (χ1v) is 18.4. The second kappa shape index (κ2) is 12.5. The summed E-state index contributed by atoms with van der Waals surface area (Å²) in [4.78, 5) is 13.2. The molecule has 52 heavy (non-hydrogen) atoms. The third-order valence-corrected chi connectivity index (χ3v) is 10.5. The molecule has 0 aliphatic carbocycles. The number of hydrogen-bond donors (Lipinski definition) is 1. The average Bonchev–Trinajstić information content (AvgIpc) is 3.46. The number of rotatable bonds is 4. The molecule has 0 unspecified atom stereocenters. The van der Waals surface area contributed by atoms with Crippen molar-refractivity contribution in [1.82, 2.24) is 15.0 Å². The molecule has 7 aromatic rings. The minimum atomic E-state index is -0.456. The van der Waals surface area contributed by atoms with Gasteiger partial charge in [-0.2, -0.15) is 4.39 Å². The molecular formula is C48H50FN3. The van der Waals surface area contributed by atoms with Crippen molar-refractivity contribution >= 4 is 21.8 Å². The molecule has 0 radical (unpaired) electrons. The van der Waals surface area contributed by atoms with Crippen LogP contribution in [-0.4, -0.2) is 15.0 Å². The fraction of sp³-hybridized carbons (Fsp3) is 0.292. The lowest BCUT2D eigenvalue weighted by Gasteiger charge is -2.22. The molecule has 3 aromatic heterocycles. The van der Waals surface area contributed by atoms with Gasteiger partial charge in [-0.05, 0) is 124 Å². The van der Waals surface area contributed by atoms with Gasteiger partial charge in [-0.15, -0.1) is 0 Å². The van der Waals surface area contributed by atoms with Crippen LogP contribution in [0.15, 0.2) is 97.2 Å². The maximum absolute atomic E-state index is 16.0. The summed E-state index contributed by atoms with van der Waals surface area (Å²) in [6, 6.07) is 31.9. The molecular weight excluding hydrogens is 638 g/mol. The maximum Gasteiger partial charge on any atom is 0.221 e. The summed E-state index contributed by atoms with van der Waals surface area (Å²) in [5.74, 6) is -0.456. The molecule has 4 aromatic carbocycles. The predicted molar refractivity (Wildman–Crippen MR) is 219 cm³/mol. The van der Waals surface area contributed by atoms with E-state index in [-0.39, 0.29) is 16.2 Å². The summed E-state index contributed by atoms with van der Waals surface area (Å²) in [6.07, 6.45) is 1.86. The Hall–Kier alpha value is -5.09. The van der Waals surface area contributed by atoms with Crippen molar-refractivity contribution in [3.8, 4) is 44.8 Å². The van der Waals surface area contributed by atoms with Gasteiger partial charge in [0, 0.05) is 39.2 Å². The molecule has 4 heteroatoms.